The van der Waals surface area contributed by atoms with Crippen LogP contribution in [0.3, 0.4) is 0 Å². The van der Waals surface area contributed by atoms with Crippen LogP contribution in [-0.4, -0.2) is 40.0 Å². The van der Waals surface area contributed by atoms with Crippen LogP contribution in [0.1, 0.15) is 28.2 Å². The van der Waals surface area contributed by atoms with Gasteiger partial charge in [-0.1, -0.05) is 12.1 Å². The summed E-state index contributed by atoms with van der Waals surface area (Å²) in [4.78, 5) is 29.6. The Morgan fingerprint density at radius 1 is 1.22 bits per heavy atom. The number of likely N-dealkylation sites (tertiary alicyclic amines) is 1. The van der Waals surface area contributed by atoms with Gasteiger partial charge < -0.3 is 10.0 Å². The topological polar surface area (TPSA) is 70.5 Å². The number of thiazole rings is 1. The minimum absolute atomic E-state index is 0.0325. The summed E-state index contributed by atoms with van der Waals surface area (Å²) >= 11 is 1.60. The molecule has 0 bridgehead atoms. The molecule has 1 N–H and O–H groups in total. The van der Waals surface area contributed by atoms with E-state index in [2.05, 4.69) is 4.98 Å². The SMILES string of the molecule is Cc1nc(-c2ccc(C(=O)N3CCC(C(=O)O)CC3)cc2)cs1. The number of nitrogens with zero attached hydrogens (tertiary/aromatic N) is 2. The quantitative estimate of drug-likeness (QED) is 0.939. The molecule has 120 valence electrons. The Balaban J connectivity index is 1.68. The highest BCUT2D eigenvalue weighted by Gasteiger charge is 2.27. The highest BCUT2D eigenvalue weighted by Crippen LogP contribution is 2.23. The van der Waals surface area contributed by atoms with E-state index in [4.69, 9.17) is 5.11 Å². The second-order valence-corrected chi connectivity index (χ2v) is 6.80. The third-order valence-corrected chi connectivity index (χ3v) is 4.95. The van der Waals surface area contributed by atoms with Gasteiger partial charge in [0.1, 0.15) is 0 Å². The van der Waals surface area contributed by atoms with Gasteiger partial charge >= 0.3 is 5.97 Å². The van der Waals surface area contributed by atoms with Gasteiger partial charge in [-0.3, -0.25) is 9.59 Å². The molecule has 1 aromatic heterocycles. The maximum absolute atomic E-state index is 12.5. The molecule has 2 aromatic rings. The van der Waals surface area contributed by atoms with Gasteiger partial charge in [-0.25, -0.2) is 4.98 Å². The van der Waals surface area contributed by atoms with Crippen LogP contribution in [-0.2, 0) is 4.79 Å². The minimum atomic E-state index is -0.764. The maximum Gasteiger partial charge on any atom is 0.306 e. The summed E-state index contributed by atoms with van der Waals surface area (Å²) in [6.45, 7) is 2.97. The highest BCUT2D eigenvalue weighted by atomic mass is 32.1. The van der Waals surface area contributed by atoms with Crippen molar-refractivity contribution in [3.05, 3.63) is 40.2 Å². The van der Waals surface area contributed by atoms with Crippen LogP contribution in [0.25, 0.3) is 11.3 Å². The first-order valence-electron chi connectivity index (χ1n) is 7.59. The Hall–Kier alpha value is -2.21. The van der Waals surface area contributed by atoms with Crippen LogP contribution in [0.4, 0.5) is 0 Å². The smallest absolute Gasteiger partial charge is 0.306 e. The lowest BCUT2D eigenvalue weighted by atomic mass is 9.96. The Kier molecular flexibility index (Phi) is 4.43. The largest absolute Gasteiger partial charge is 0.481 e. The summed E-state index contributed by atoms with van der Waals surface area (Å²) in [5.74, 6) is -1.12. The first-order valence-corrected chi connectivity index (χ1v) is 8.47. The average molecular weight is 330 g/mol. The molecule has 1 aliphatic heterocycles. The number of carboxylic acid groups (broad SMARTS) is 1. The zero-order valence-electron chi connectivity index (χ0n) is 12.9. The van der Waals surface area contributed by atoms with E-state index in [0.717, 1.165) is 16.3 Å². The Bertz CT molecular complexity index is 716. The predicted octanol–water partition coefficient (Wildman–Crippen LogP) is 3.06. The molecule has 6 heteroatoms. The fourth-order valence-corrected chi connectivity index (χ4v) is 3.41. The summed E-state index contributed by atoms with van der Waals surface area (Å²) in [5.41, 5.74) is 2.55. The Morgan fingerprint density at radius 3 is 2.39 bits per heavy atom. The number of aromatic nitrogens is 1. The number of carbonyl (C=O) groups is 2. The molecule has 0 saturated carbocycles. The molecule has 1 aromatic carbocycles. The van der Waals surface area contributed by atoms with Crippen LogP contribution in [0.2, 0.25) is 0 Å². The molecule has 1 fully saturated rings. The molecule has 23 heavy (non-hydrogen) atoms. The monoisotopic (exact) mass is 330 g/mol. The van der Waals surface area contributed by atoms with Crippen molar-refractivity contribution in [1.29, 1.82) is 0 Å². The normalized spacial score (nSPS) is 15.6. The zero-order chi connectivity index (χ0) is 16.4. The Labute approximate surface area is 138 Å². The number of hydrogen-bond acceptors (Lipinski definition) is 4. The van der Waals surface area contributed by atoms with E-state index in [1.54, 1.807) is 16.2 Å². The van der Waals surface area contributed by atoms with E-state index in [-0.39, 0.29) is 11.8 Å². The van der Waals surface area contributed by atoms with E-state index >= 15 is 0 Å². The average Bonchev–Trinajstić information content (AvgIpc) is 3.01. The van der Waals surface area contributed by atoms with Crippen LogP contribution in [0.5, 0.6) is 0 Å². The lowest BCUT2D eigenvalue weighted by Gasteiger charge is -2.30. The van der Waals surface area contributed by atoms with Crippen molar-refractivity contribution in [2.24, 2.45) is 5.92 Å². The number of benzene rings is 1. The minimum Gasteiger partial charge on any atom is -0.481 e. The number of carbonyl (C=O) groups excluding carboxylic acids is 1. The van der Waals surface area contributed by atoms with Gasteiger partial charge in [0.05, 0.1) is 16.6 Å². The number of aliphatic carboxylic acids is 1. The van der Waals surface area contributed by atoms with Gasteiger partial charge in [-0.2, -0.15) is 0 Å². The number of carboxylic acids is 1. The van der Waals surface area contributed by atoms with Crippen LogP contribution >= 0.6 is 11.3 Å². The van der Waals surface area contributed by atoms with Crippen LogP contribution in [0, 0.1) is 12.8 Å². The number of hydrogen-bond donors (Lipinski definition) is 1. The zero-order valence-corrected chi connectivity index (χ0v) is 13.7. The lowest BCUT2D eigenvalue weighted by Crippen LogP contribution is -2.40. The van der Waals surface area contributed by atoms with E-state index in [9.17, 15) is 9.59 Å². The van der Waals surface area contributed by atoms with E-state index in [1.165, 1.54) is 0 Å². The molecule has 2 heterocycles. The molecule has 0 aliphatic carbocycles. The second kappa shape index (κ2) is 6.50. The van der Waals surface area contributed by atoms with Gasteiger partial charge in [0.15, 0.2) is 0 Å². The van der Waals surface area contributed by atoms with Crippen molar-refractivity contribution in [2.45, 2.75) is 19.8 Å². The van der Waals surface area contributed by atoms with Crippen molar-refractivity contribution in [3.63, 3.8) is 0 Å². The lowest BCUT2D eigenvalue weighted by molar-refractivity contribution is -0.143. The molecule has 1 amide bonds. The molecular weight excluding hydrogens is 312 g/mol. The number of piperidine rings is 1. The van der Waals surface area contributed by atoms with Gasteiger partial charge in [0.2, 0.25) is 0 Å². The van der Waals surface area contributed by atoms with E-state index in [0.29, 0.717) is 31.5 Å². The van der Waals surface area contributed by atoms with Gasteiger partial charge in [-0.15, -0.1) is 11.3 Å². The molecule has 1 saturated heterocycles. The first kappa shape index (κ1) is 15.7. The van der Waals surface area contributed by atoms with Gasteiger partial charge in [0.25, 0.3) is 5.91 Å². The van der Waals surface area contributed by atoms with Crippen molar-refractivity contribution < 1.29 is 14.7 Å². The first-order chi connectivity index (χ1) is 11.0. The molecule has 0 spiro atoms. The van der Waals surface area contributed by atoms with Crippen LogP contribution < -0.4 is 0 Å². The van der Waals surface area contributed by atoms with Crippen molar-refractivity contribution >= 4 is 23.2 Å². The standard InChI is InChI=1S/C17H18N2O3S/c1-11-18-15(10-23-11)12-2-4-13(5-3-12)16(20)19-8-6-14(7-9-19)17(21)22/h2-5,10,14H,6-9H2,1H3,(H,21,22). The summed E-state index contributed by atoms with van der Waals surface area (Å²) in [7, 11) is 0. The van der Waals surface area contributed by atoms with Crippen molar-refractivity contribution in [2.75, 3.05) is 13.1 Å². The number of amides is 1. The summed E-state index contributed by atoms with van der Waals surface area (Å²) < 4.78 is 0. The van der Waals surface area contributed by atoms with E-state index < -0.39 is 5.97 Å². The molecule has 0 unspecified atom stereocenters. The number of rotatable bonds is 3. The van der Waals surface area contributed by atoms with Crippen molar-refractivity contribution in [3.8, 4) is 11.3 Å². The predicted molar refractivity (Wildman–Crippen MR) is 88.6 cm³/mol. The molecule has 0 atom stereocenters. The third kappa shape index (κ3) is 3.42. The van der Waals surface area contributed by atoms with Gasteiger partial charge in [0, 0.05) is 29.6 Å². The molecule has 1 aliphatic rings. The summed E-state index contributed by atoms with van der Waals surface area (Å²) in [5, 5.41) is 12.0. The van der Waals surface area contributed by atoms with E-state index in [1.807, 2.05) is 36.6 Å². The van der Waals surface area contributed by atoms with Crippen LogP contribution in [0.15, 0.2) is 29.6 Å². The second-order valence-electron chi connectivity index (χ2n) is 5.73. The fraction of sp³-hybridized carbons (Fsp3) is 0.353. The summed E-state index contributed by atoms with van der Waals surface area (Å²) in [6, 6.07) is 7.45. The third-order valence-electron chi connectivity index (χ3n) is 4.18. The fourth-order valence-electron chi connectivity index (χ4n) is 2.79. The molecule has 0 radical (unpaired) electrons. The Morgan fingerprint density at radius 2 is 1.87 bits per heavy atom. The van der Waals surface area contributed by atoms with Gasteiger partial charge in [-0.05, 0) is 31.9 Å². The highest BCUT2D eigenvalue weighted by molar-refractivity contribution is 7.09. The molecule has 5 nitrogen and oxygen atoms in total. The summed E-state index contributed by atoms with van der Waals surface area (Å²) in [6.07, 6.45) is 1.05. The maximum atomic E-state index is 12.5. The molecular formula is C17H18N2O3S. The molecule has 3 rings (SSSR count). The van der Waals surface area contributed by atoms with Crippen molar-refractivity contribution in [1.82, 2.24) is 9.88 Å². The number of aryl methyl sites for hydroxylation is 1.